The molecule has 0 saturated carbocycles. The SMILES string of the molecule is NC(=O)c1cc([C@H](O)CO)nc(-c2ccc(Oc3ccc(F)cc3)cc2)n1. The topological polar surface area (TPSA) is 119 Å². The van der Waals surface area contributed by atoms with E-state index in [2.05, 4.69) is 9.97 Å². The molecular formula is C19H16FN3O4. The van der Waals surface area contributed by atoms with Crippen LogP contribution < -0.4 is 10.5 Å². The summed E-state index contributed by atoms with van der Waals surface area (Å²) < 4.78 is 18.5. The summed E-state index contributed by atoms with van der Waals surface area (Å²) in [5.74, 6) is 0.0185. The van der Waals surface area contributed by atoms with Crippen molar-refractivity contribution in [3.8, 4) is 22.9 Å². The zero-order valence-electron chi connectivity index (χ0n) is 14.0. The zero-order chi connectivity index (χ0) is 19.4. The average Bonchev–Trinajstić information content (AvgIpc) is 2.69. The number of benzene rings is 2. The third kappa shape index (κ3) is 4.43. The molecule has 0 saturated heterocycles. The molecular weight excluding hydrogens is 353 g/mol. The number of ether oxygens (including phenoxy) is 1. The Morgan fingerprint density at radius 3 is 2.22 bits per heavy atom. The van der Waals surface area contributed by atoms with E-state index < -0.39 is 18.6 Å². The lowest BCUT2D eigenvalue weighted by Crippen LogP contribution is -2.16. The zero-order valence-corrected chi connectivity index (χ0v) is 14.0. The highest BCUT2D eigenvalue weighted by Gasteiger charge is 2.15. The summed E-state index contributed by atoms with van der Waals surface area (Å²) in [4.78, 5) is 19.7. The number of aromatic nitrogens is 2. The number of carbonyl (C=O) groups is 1. The molecule has 2 aromatic carbocycles. The van der Waals surface area contributed by atoms with Gasteiger partial charge in [-0.1, -0.05) is 0 Å². The molecule has 1 aromatic heterocycles. The van der Waals surface area contributed by atoms with Crippen molar-refractivity contribution in [3.63, 3.8) is 0 Å². The molecule has 0 spiro atoms. The summed E-state index contributed by atoms with van der Waals surface area (Å²) in [5, 5.41) is 18.9. The molecule has 27 heavy (non-hydrogen) atoms. The first-order valence-corrected chi connectivity index (χ1v) is 7.98. The van der Waals surface area contributed by atoms with Crippen molar-refractivity contribution < 1.29 is 24.1 Å². The van der Waals surface area contributed by atoms with Crippen LogP contribution in [-0.4, -0.2) is 32.7 Å². The molecule has 138 valence electrons. The number of nitrogens with two attached hydrogens (primary N) is 1. The summed E-state index contributed by atoms with van der Waals surface area (Å²) in [6.45, 7) is -0.556. The Morgan fingerprint density at radius 1 is 1.07 bits per heavy atom. The largest absolute Gasteiger partial charge is 0.457 e. The molecule has 8 heteroatoms. The third-order valence-electron chi connectivity index (χ3n) is 3.67. The predicted molar refractivity (Wildman–Crippen MR) is 94.5 cm³/mol. The van der Waals surface area contributed by atoms with Crippen molar-refractivity contribution in [1.82, 2.24) is 9.97 Å². The van der Waals surface area contributed by atoms with E-state index in [0.717, 1.165) is 0 Å². The van der Waals surface area contributed by atoms with E-state index in [1.165, 1.54) is 30.3 Å². The minimum absolute atomic E-state index is 0.0749. The van der Waals surface area contributed by atoms with Gasteiger partial charge in [0.2, 0.25) is 0 Å². The van der Waals surface area contributed by atoms with Gasteiger partial charge in [0.25, 0.3) is 5.91 Å². The van der Waals surface area contributed by atoms with Crippen LogP contribution in [-0.2, 0) is 0 Å². The monoisotopic (exact) mass is 369 g/mol. The van der Waals surface area contributed by atoms with E-state index in [-0.39, 0.29) is 23.0 Å². The molecule has 0 aliphatic rings. The number of primary amides is 1. The van der Waals surface area contributed by atoms with Gasteiger partial charge in [0.05, 0.1) is 12.3 Å². The summed E-state index contributed by atoms with van der Waals surface area (Å²) in [6, 6.07) is 13.5. The predicted octanol–water partition coefficient (Wildman–Crippen LogP) is 2.20. The van der Waals surface area contributed by atoms with Crippen LogP contribution in [0, 0.1) is 5.82 Å². The molecule has 0 aliphatic heterocycles. The molecule has 1 heterocycles. The smallest absolute Gasteiger partial charge is 0.267 e. The van der Waals surface area contributed by atoms with E-state index in [1.807, 2.05) is 0 Å². The molecule has 0 fully saturated rings. The number of aliphatic hydroxyl groups excluding tert-OH is 2. The van der Waals surface area contributed by atoms with E-state index in [9.17, 15) is 14.3 Å². The third-order valence-corrected chi connectivity index (χ3v) is 3.67. The van der Waals surface area contributed by atoms with Gasteiger partial charge in [0, 0.05) is 5.56 Å². The Kier molecular flexibility index (Phi) is 5.39. The van der Waals surface area contributed by atoms with Crippen molar-refractivity contribution in [2.24, 2.45) is 5.73 Å². The van der Waals surface area contributed by atoms with Crippen LogP contribution in [0.25, 0.3) is 11.4 Å². The lowest BCUT2D eigenvalue weighted by molar-refractivity contribution is 0.0916. The Labute approximate surface area is 153 Å². The van der Waals surface area contributed by atoms with Crippen LogP contribution in [0.3, 0.4) is 0 Å². The van der Waals surface area contributed by atoms with Gasteiger partial charge >= 0.3 is 0 Å². The second kappa shape index (κ2) is 7.90. The normalized spacial score (nSPS) is 11.8. The minimum atomic E-state index is -1.26. The van der Waals surface area contributed by atoms with Gasteiger partial charge in [-0.15, -0.1) is 0 Å². The van der Waals surface area contributed by atoms with Crippen LogP contribution in [0.1, 0.15) is 22.3 Å². The second-order valence-electron chi connectivity index (χ2n) is 5.64. The van der Waals surface area contributed by atoms with Gasteiger partial charge in [-0.25, -0.2) is 14.4 Å². The number of hydrogen-bond acceptors (Lipinski definition) is 6. The second-order valence-corrected chi connectivity index (χ2v) is 5.64. The lowest BCUT2D eigenvalue weighted by atomic mass is 10.1. The summed E-state index contributed by atoms with van der Waals surface area (Å²) >= 11 is 0. The first kappa shape index (κ1) is 18.4. The maximum atomic E-state index is 12.9. The van der Waals surface area contributed by atoms with E-state index >= 15 is 0 Å². The van der Waals surface area contributed by atoms with E-state index in [4.69, 9.17) is 15.6 Å². The first-order chi connectivity index (χ1) is 13.0. The van der Waals surface area contributed by atoms with Crippen molar-refractivity contribution in [3.05, 3.63) is 71.8 Å². The number of amides is 1. The highest BCUT2D eigenvalue weighted by atomic mass is 19.1. The Balaban J connectivity index is 1.88. The van der Waals surface area contributed by atoms with Gasteiger partial charge in [0.15, 0.2) is 5.82 Å². The molecule has 3 rings (SSSR count). The van der Waals surface area contributed by atoms with Gasteiger partial charge in [-0.05, 0) is 54.6 Å². The fraction of sp³-hybridized carbons (Fsp3) is 0.105. The number of aliphatic hydroxyl groups is 2. The highest BCUT2D eigenvalue weighted by Crippen LogP contribution is 2.25. The van der Waals surface area contributed by atoms with Crippen molar-refractivity contribution in [2.75, 3.05) is 6.61 Å². The van der Waals surface area contributed by atoms with Gasteiger partial charge in [0.1, 0.15) is 29.1 Å². The van der Waals surface area contributed by atoms with Gasteiger partial charge < -0.3 is 20.7 Å². The van der Waals surface area contributed by atoms with Crippen molar-refractivity contribution >= 4 is 5.91 Å². The van der Waals surface area contributed by atoms with E-state index in [1.54, 1.807) is 24.3 Å². The number of hydrogen-bond donors (Lipinski definition) is 3. The van der Waals surface area contributed by atoms with E-state index in [0.29, 0.717) is 17.1 Å². The average molecular weight is 369 g/mol. The molecule has 7 nitrogen and oxygen atoms in total. The maximum absolute atomic E-state index is 12.9. The minimum Gasteiger partial charge on any atom is -0.457 e. The fourth-order valence-electron chi connectivity index (χ4n) is 2.30. The number of rotatable bonds is 6. The van der Waals surface area contributed by atoms with Crippen molar-refractivity contribution in [2.45, 2.75) is 6.10 Å². The molecule has 4 N–H and O–H groups in total. The number of carbonyl (C=O) groups excluding carboxylic acids is 1. The molecule has 1 amide bonds. The Hall–Kier alpha value is -3.36. The first-order valence-electron chi connectivity index (χ1n) is 7.98. The summed E-state index contributed by atoms with van der Waals surface area (Å²) in [5.41, 5.74) is 5.83. The number of halogens is 1. The fourth-order valence-corrected chi connectivity index (χ4v) is 2.30. The Bertz CT molecular complexity index is 946. The summed E-state index contributed by atoms with van der Waals surface area (Å²) in [6.07, 6.45) is -1.26. The molecule has 0 unspecified atom stereocenters. The maximum Gasteiger partial charge on any atom is 0.267 e. The summed E-state index contributed by atoms with van der Waals surface area (Å²) in [7, 11) is 0. The van der Waals surface area contributed by atoms with Crippen LogP contribution >= 0.6 is 0 Å². The molecule has 0 radical (unpaired) electrons. The standard InChI is InChI=1S/C19H16FN3O4/c20-12-3-7-14(8-4-12)27-13-5-1-11(2-6-13)19-22-15(17(25)10-24)9-16(23-19)18(21)26/h1-9,17,24-25H,10H2,(H2,21,26)/t17-/m1/s1. The van der Waals surface area contributed by atoms with Crippen LogP contribution in [0.5, 0.6) is 11.5 Å². The molecule has 1 atom stereocenters. The highest BCUT2D eigenvalue weighted by molar-refractivity contribution is 5.91. The lowest BCUT2D eigenvalue weighted by Gasteiger charge is -2.11. The Morgan fingerprint density at radius 2 is 1.67 bits per heavy atom. The van der Waals surface area contributed by atoms with Crippen LogP contribution in [0.2, 0.25) is 0 Å². The quantitative estimate of drug-likeness (QED) is 0.613. The van der Waals surface area contributed by atoms with Crippen LogP contribution in [0.4, 0.5) is 4.39 Å². The number of nitrogens with zero attached hydrogens (tertiary/aromatic N) is 2. The molecule has 0 bridgehead atoms. The van der Waals surface area contributed by atoms with Gasteiger partial charge in [-0.3, -0.25) is 4.79 Å². The molecule has 3 aromatic rings. The van der Waals surface area contributed by atoms with Gasteiger partial charge in [-0.2, -0.15) is 0 Å². The van der Waals surface area contributed by atoms with Crippen molar-refractivity contribution in [1.29, 1.82) is 0 Å². The van der Waals surface area contributed by atoms with Crippen LogP contribution in [0.15, 0.2) is 54.6 Å². The molecule has 0 aliphatic carbocycles.